The summed E-state index contributed by atoms with van der Waals surface area (Å²) in [5.74, 6) is 0.0310. The van der Waals surface area contributed by atoms with Gasteiger partial charge in [0.2, 0.25) is 0 Å². The van der Waals surface area contributed by atoms with Crippen molar-refractivity contribution in [3.8, 4) is 0 Å². The van der Waals surface area contributed by atoms with Gasteiger partial charge in [0.05, 0.1) is 12.1 Å². The quantitative estimate of drug-likeness (QED) is 0.788. The summed E-state index contributed by atoms with van der Waals surface area (Å²) in [5, 5.41) is 3.80. The van der Waals surface area contributed by atoms with Gasteiger partial charge in [-0.3, -0.25) is 9.58 Å². The summed E-state index contributed by atoms with van der Waals surface area (Å²) in [6.45, 7) is 3.63. The van der Waals surface area contributed by atoms with Crippen molar-refractivity contribution < 1.29 is 18.0 Å². The summed E-state index contributed by atoms with van der Waals surface area (Å²) >= 11 is 0. The van der Waals surface area contributed by atoms with Gasteiger partial charge in [0.25, 0.3) is 0 Å². The monoisotopic (exact) mass is 276 g/mol. The predicted octanol–water partition coefficient (Wildman–Crippen LogP) is 2.09. The van der Waals surface area contributed by atoms with E-state index in [2.05, 4.69) is 5.10 Å². The molecule has 0 N–H and O–H groups in total. The number of anilines is 1. The highest BCUT2D eigenvalue weighted by Crippen LogP contribution is 2.33. The van der Waals surface area contributed by atoms with Crippen LogP contribution in [-0.4, -0.2) is 39.8 Å². The van der Waals surface area contributed by atoms with E-state index < -0.39 is 11.9 Å². The molecule has 1 aliphatic rings. The average molecular weight is 276 g/mol. The van der Waals surface area contributed by atoms with Crippen molar-refractivity contribution in [2.24, 2.45) is 7.05 Å². The van der Waals surface area contributed by atoms with Crippen LogP contribution in [0.15, 0.2) is 6.07 Å². The lowest BCUT2D eigenvalue weighted by atomic mass is 10.2. The van der Waals surface area contributed by atoms with E-state index in [-0.39, 0.29) is 23.9 Å². The van der Waals surface area contributed by atoms with Crippen LogP contribution < -0.4 is 4.90 Å². The number of carbonyl (C=O) groups excluding carboxylic acids is 1. The van der Waals surface area contributed by atoms with Gasteiger partial charge in [-0.15, -0.1) is 0 Å². The number of amides is 2. The minimum Gasteiger partial charge on any atom is -0.323 e. The van der Waals surface area contributed by atoms with Crippen LogP contribution in [-0.2, 0) is 13.2 Å². The SMILES string of the molecule is CC1[C@H](C)N(C)C(=O)N1c1cc(C(F)(F)F)n(C)n1. The summed E-state index contributed by atoms with van der Waals surface area (Å²) in [5.41, 5.74) is -0.871. The lowest BCUT2D eigenvalue weighted by Gasteiger charge is -2.18. The molecule has 0 aromatic carbocycles. The van der Waals surface area contributed by atoms with Crippen LogP contribution >= 0.6 is 0 Å². The second kappa shape index (κ2) is 4.14. The first-order valence-corrected chi connectivity index (χ1v) is 5.82. The molecule has 0 aliphatic carbocycles. The first-order valence-electron chi connectivity index (χ1n) is 5.82. The highest BCUT2D eigenvalue weighted by molar-refractivity contribution is 5.94. The molecular formula is C11H15F3N4O. The Morgan fingerprint density at radius 2 is 1.79 bits per heavy atom. The van der Waals surface area contributed by atoms with Gasteiger partial charge in [-0.2, -0.15) is 18.3 Å². The maximum Gasteiger partial charge on any atom is 0.433 e. The number of alkyl halides is 3. The number of halogens is 3. The number of aromatic nitrogens is 2. The van der Waals surface area contributed by atoms with Gasteiger partial charge in [-0.05, 0) is 13.8 Å². The van der Waals surface area contributed by atoms with Crippen LogP contribution in [0.5, 0.6) is 0 Å². The number of likely N-dealkylation sites (N-methyl/N-ethyl adjacent to an activating group) is 1. The van der Waals surface area contributed by atoms with Gasteiger partial charge in [-0.25, -0.2) is 4.79 Å². The molecule has 2 heterocycles. The van der Waals surface area contributed by atoms with Gasteiger partial charge in [-0.1, -0.05) is 0 Å². The summed E-state index contributed by atoms with van der Waals surface area (Å²) in [6.07, 6.45) is -4.48. The van der Waals surface area contributed by atoms with Crippen LogP contribution in [0.25, 0.3) is 0 Å². The molecule has 2 amide bonds. The van der Waals surface area contributed by atoms with E-state index in [4.69, 9.17) is 0 Å². The second-order valence-corrected chi connectivity index (χ2v) is 4.75. The smallest absolute Gasteiger partial charge is 0.323 e. The summed E-state index contributed by atoms with van der Waals surface area (Å²) < 4.78 is 38.9. The van der Waals surface area contributed by atoms with Crippen LogP contribution in [0.2, 0.25) is 0 Å². The normalized spacial score (nSPS) is 24.5. The fraction of sp³-hybridized carbons (Fsp3) is 0.636. The zero-order chi connectivity index (χ0) is 14.5. The van der Waals surface area contributed by atoms with E-state index in [0.29, 0.717) is 0 Å². The molecule has 19 heavy (non-hydrogen) atoms. The summed E-state index contributed by atoms with van der Waals surface area (Å²) in [6, 6.07) is 0.254. The molecule has 106 valence electrons. The number of aryl methyl sites for hydroxylation is 1. The molecule has 2 rings (SSSR count). The van der Waals surface area contributed by atoms with Gasteiger partial charge in [0.15, 0.2) is 5.82 Å². The summed E-state index contributed by atoms with van der Waals surface area (Å²) in [7, 11) is 2.84. The Bertz CT molecular complexity index is 511. The third-order valence-corrected chi connectivity index (χ3v) is 3.63. The molecule has 0 spiro atoms. The maximum absolute atomic E-state index is 12.7. The van der Waals surface area contributed by atoms with E-state index in [9.17, 15) is 18.0 Å². The predicted molar refractivity (Wildman–Crippen MR) is 62.8 cm³/mol. The van der Waals surface area contributed by atoms with Gasteiger partial charge in [0.1, 0.15) is 5.69 Å². The molecular weight excluding hydrogens is 261 g/mol. The van der Waals surface area contributed by atoms with Crippen molar-refractivity contribution in [1.29, 1.82) is 0 Å². The highest BCUT2D eigenvalue weighted by Gasteiger charge is 2.42. The van der Waals surface area contributed by atoms with Crippen LogP contribution in [0.1, 0.15) is 19.5 Å². The number of hydrogen-bond donors (Lipinski definition) is 0. The first-order chi connectivity index (χ1) is 8.64. The Morgan fingerprint density at radius 3 is 2.16 bits per heavy atom. The Morgan fingerprint density at radius 1 is 1.21 bits per heavy atom. The number of carbonyl (C=O) groups is 1. The Labute approximate surface area is 108 Å². The molecule has 0 bridgehead atoms. The Balaban J connectivity index is 2.41. The van der Waals surface area contributed by atoms with Crippen molar-refractivity contribution >= 4 is 11.8 Å². The molecule has 1 aromatic heterocycles. The van der Waals surface area contributed by atoms with E-state index in [0.717, 1.165) is 10.7 Å². The summed E-state index contributed by atoms with van der Waals surface area (Å²) in [4.78, 5) is 14.8. The fourth-order valence-corrected chi connectivity index (χ4v) is 2.20. The second-order valence-electron chi connectivity index (χ2n) is 4.75. The third-order valence-electron chi connectivity index (χ3n) is 3.63. The minimum atomic E-state index is -4.48. The number of urea groups is 1. The minimum absolute atomic E-state index is 0.0310. The van der Waals surface area contributed by atoms with Crippen LogP contribution in [0.3, 0.4) is 0 Å². The molecule has 8 heteroatoms. The van der Waals surface area contributed by atoms with Crippen LogP contribution in [0, 0.1) is 0 Å². The van der Waals surface area contributed by atoms with Gasteiger partial charge in [0, 0.05) is 20.2 Å². The lowest BCUT2D eigenvalue weighted by Crippen LogP contribution is -2.33. The molecule has 1 aliphatic heterocycles. The van der Waals surface area contributed by atoms with Crippen molar-refractivity contribution in [3.63, 3.8) is 0 Å². The maximum atomic E-state index is 12.7. The molecule has 1 saturated heterocycles. The van der Waals surface area contributed by atoms with Crippen molar-refractivity contribution in [2.45, 2.75) is 32.1 Å². The van der Waals surface area contributed by atoms with Crippen molar-refractivity contribution in [1.82, 2.24) is 14.7 Å². The van der Waals surface area contributed by atoms with E-state index in [1.54, 1.807) is 14.0 Å². The number of hydrogen-bond acceptors (Lipinski definition) is 2. The molecule has 1 fully saturated rings. The highest BCUT2D eigenvalue weighted by atomic mass is 19.4. The largest absolute Gasteiger partial charge is 0.433 e. The molecule has 5 nitrogen and oxygen atoms in total. The molecule has 2 atom stereocenters. The van der Waals surface area contributed by atoms with Gasteiger partial charge < -0.3 is 4.90 Å². The molecule has 0 radical (unpaired) electrons. The zero-order valence-corrected chi connectivity index (χ0v) is 11.1. The van der Waals surface area contributed by atoms with Crippen molar-refractivity contribution in [2.75, 3.05) is 11.9 Å². The fourth-order valence-electron chi connectivity index (χ4n) is 2.20. The Hall–Kier alpha value is -1.73. The third kappa shape index (κ3) is 2.04. The molecule has 1 aromatic rings. The standard InChI is InChI=1S/C11H15F3N4O/c1-6-7(2)18(10(19)16(6)3)9-5-8(11(12,13)14)17(4)15-9/h5-7H,1-4H3/t6-,7?/m0/s1. The molecule has 0 saturated carbocycles. The molecule has 1 unspecified atom stereocenters. The average Bonchev–Trinajstić information content (AvgIpc) is 2.75. The number of rotatable bonds is 1. The van der Waals surface area contributed by atoms with Crippen LogP contribution in [0.4, 0.5) is 23.8 Å². The van der Waals surface area contributed by atoms with Gasteiger partial charge >= 0.3 is 12.2 Å². The topological polar surface area (TPSA) is 41.4 Å². The lowest BCUT2D eigenvalue weighted by molar-refractivity contribution is -0.143. The first kappa shape index (κ1) is 13.7. The van der Waals surface area contributed by atoms with E-state index in [1.807, 2.05) is 6.92 Å². The number of nitrogens with zero attached hydrogens (tertiary/aromatic N) is 4. The van der Waals surface area contributed by atoms with E-state index >= 15 is 0 Å². The Kier molecular flexibility index (Phi) is 2.98. The van der Waals surface area contributed by atoms with Crippen molar-refractivity contribution in [3.05, 3.63) is 11.8 Å². The van der Waals surface area contributed by atoms with E-state index in [1.165, 1.54) is 16.8 Å². The zero-order valence-electron chi connectivity index (χ0n) is 11.1.